The monoisotopic (exact) mass is 355 g/mol. The molecule has 0 saturated heterocycles. The largest absolute Gasteiger partial charge is 0.508 e. The molecule has 2 aromatic rings. The zero-order valence-corrected chi connectivity index (χ0v) is 14.4. The fourth-order valence-corrected chi connectivity index (χ4v) is 2.01. The minimum atomic E-state index is -0.461. The van der Waals surface area contributed by atoms with Gasteiger partial charge in [0.2, 0.25) is 0 Å². The van der Waals surface area contributed by atoms with Crippen LogP contribution in [0.3, 0.4) is 0 Å². The molecule has 136 valence electrons. The molecule has 2 amide bonds. The van der Waals surface area contributed by atoms with Crippen molar-refractivity contribution in [2.45, 2.75) is 13.3 Å². The molecular weight excluding hydrogens is 334 g/mol. The van der Waals surface area contributed by atoms with Crippen LogP contribution in [0.5, 0.6) is 11.5 Å². The van der Waals surface area contributed by atoms with Crippen LogP contribution in [0.4, 0.5) is 0 Å². The third-order valence-electron chi connectivity index (χ3n) is 3.27. The van der Waals surface area contributed by atoms with Crippen molar-refractivity contribution in [1.82, 2.24) is 10.7 Å². The van der Waals surface area contributed by atoms with E-state index in [0.717, 1.165) is 6.42 Å². The van der Waals surface area contributed by atoms with Gasteiger partial charge in [0.15, 0.2) is 0 Å². The lowest BCUT2D eigenvalue weighted by molar-refractivity contribution is -0.120. The Morgan fingerprint density at radius 1 is 1.19 bits per heavy atom. The van der Waals surface area contributed by atoms with Crippen molar-refractivity contribution in [3.63, 3.8) is 0 Å². The highest BCUT2D eigenvalue weighted by Gasteiger charge is 2.07. The molecule has 2 aromatic carbocycles. The summed E-state index contributed by atoms with van der Waals surface area (Å²) < 4.78 is 5.45. The van der Waals surface area contributed by atoms with Crippen LogP contribution in [0.15, 0.2) is 53.6 Å². The maximum atomic E-state index is 12.0. The van der Waals surface area contributed by atoms with E-state index in [0.29, 0.717) is 23.5 Å². The molecule has 0 radical (unpaired) electrons. The lowest BCUT2D eigenvalue weighted by atomic mass is 10.2. The van der Waals surface area contributed by atoms with Crippen molar-refractivity contribution in [2.24, 2.45) is 5.10 Å². The lowest BCUT2D eigenvalue weighted by Gasteiger charge is -2.07. The van der Waals surface area contributed by atoms with E-state index in [4.69, 9.17) is 4.74 Å². The molecule has 7 heteroatoms. The third-order valence-corrected chi connectivity index (χ3v) is 3.27. The normalized spacial score (nSPS) is 10.5. The molecule has 0 bridgehead atoms. The van der Waals surface area contributed by atoms with Crippen molar-refractivity contribution in [3.05, 3.63) is 59.7 Å². The summed E-state index contributed by atoms with van der Waals surface area (Å²) in [5.74, 6) is -0.0158. The van der Waals surface area contributed by atoms with Crippen LogP contribution in [0.2, 0.25) is 0 Å². The van der Waals surface area contributed by atoms with Gasteiger partial charge >= 0.3 is 0 Å². The van der Waals surface area contributed by atoms with Gasteiger partial charge in [0.25, 0.3) is 11.8 Å². The van der Waals surface area contributed by atoms with Crippen LogP contribution in [-0.4, -0.2) is 36.3 Å². The van der Waals surface area contributed by atoms with E-state index < -0.39 is 5.91 Å². The summed E-state index contributed by atoms with van der Waals surface area (Å²) in [6.07, 6.45) is 2.31. The number of rotatable bonds is 8. The summed E-state index contributed by atoms with van der Waals surface area (Å²) in [5, 5.41) is 15.6. The number of nitrogens with one attached hydrogen (secondary N) is 2. The Labute approximate surface area is 151 Å². The predicted molar refractivity (Wildman–Crippen MR) is 98.4 cm³/mol. The van der Waals surface area contributed by atoms with Gasteiger partial charge in [-0.25, -0.2) is 5.43 Å². The molecule has 0 aliphatic rings. The van der Waals surface area contributed by atoms with Crippen molar-refractivity contribution in [3.8, 4) is 11.5 Å². The predicted octanol–water partition coefficient (Wildman–Crippen LogP) is 2.06. The number of nitrogens with zero attached hydrogens (tertiary/aromatic N) is 1. The highest BCUT2D eigenvalue weighted by molar-refractivity contribution is 5.96. The number of carbonyl (C=O) groups is 2. The van der Waals surface area contributed by atoms with Crippen molar-refractivity contribution < 1.29 is 19.4 Å². The van der Waals surface area contributed by atoms with E-state index in [2.05, 4.69) is 15.8 Å². The summed E-state index contributed by atoms with van der Waals surface area (Å²) in [4.78, 5) is 23.7. The first-order chi connectivity index (χ1) is 12.6. The van der Waals surface area contributed by atoms with E-state index in [-0.39, 0.29) is 18.2 Å². The van der Waals surface area contributed by atoms with E-state index in [1.54, 1.807) is 36.4 Å². The highest BCUT2D eigenvalue weighted by Crippen LogP contribution is 2.12. The average molecular weight is 355 g/mol. The molecule has 0 aromatic heterocycles. The maximum absolute atomic E-state index is 12.0. The second kappa shape index (κ2) is 9.83. The van der Waals surface area contributed by atoms with Crippen LogP contribution in [0.25, 0.3) is 0 Å². The molecule has 0 aliphatic heterocycles. The Hall–Kier alpha value is -3.35. The van der Waals surface area contributed by atoms with Gasteiger partial charge in [0, 0.05) is 5.56 Å². The molecule has 0 spiro atoms. The minimum Gasteiger partial charge on any atom is -0.508 e. The number of aromatic hydroxyl groups is 1. The number of phenols is 1. The van der Waals surface area contributed by atoms with Crippen LogP contribution < -0.4 is 15.5 Å². The molecular formula is C19H21N3O4. The van der Waals surface area contributed by atoms with Gasteiger partial charge in [0.1, 0.15) is 11.5 Å². The summed E-state index contributed by atoms with van der Waals surface area (Å²) in [5.41, 5.74) is 3.38. The Morgan fingerprint density at radius 3 is 2.65 bits per heavy atom. The smallest absolute Gasteiger partial charge is 0.259 e. The summed E-state index contributed by atoms with van der Waals surface area (Å²) in [6.45, 7) is 2.43. The fourth-order valence-electron chi connectivity index (χ4n) is 2.01. The van der Waals surface area contributed by atoms with E-state index in [1.807, 2.05) is 6.92 Å². The van der Waals surface area contributed by atoms with Crippen molar-refractivity contribution in [1.29, 1.82) is 0 Å². The topological polar surface area (TPSA) is 100 Å². The molecule has 26 heavy (non-hydrogen) atoms. The SMILES string of the molecule is CCCOc1ccc(C(=O)NCC(=O)N/N=C\c2cccc(O)c2)cc1. The standard InChI is InChI=1S/C19H21N3O4/c1-2-10-26-17-8-6-15(7-9-17)19(25)20-13-18(24)22-21-12-14-4-3-5-16(23)11-14/h3-9,11-12,23H,2,10,13H2,1H3,(H,20,25)(H,22,24)/b21-12-. The van der Waals surface area contributed by atoms with Crippen LogP contribution in [0.1, 0.15) is 29.3 Å². The van der Waals surface area contributed by atoms with Gasteiger partial charge in [-0.05, 0) is 48.4 Å². The lowest BCUT2D eigenvalue weighted by Crippen LogP contribution is -2.34. The number of carbonyl (C=O) groups excluding carboxylic acids is 2. The van der Waals surface area contributed by atoms with Gasteiger partial charge in [-0.15, -0.1) is 0 Å². The number of benzene rings is 2. The zero-order chi connectivity index (χ0) is 18.8. The van der Waals surface area contributed by atoms with Gasteiger partial charge in [0.05, 0.1) is 19.4 Å². The van der Waals surface area contributed by atoms with Crippen molar-refractivity contribution >= 4 is 18.0 Å². The van der Waals surface area contributed by atoms with Gasteiger partial charge in [-0.1, -0.05) is 19.1 Å². The maximum Gasteiger partial charge on any atom is 0.259 e. The first-order valence-corrected chi connectivity index (χ1v) is 8.20. The third kappa shape index (κ3) is 6.27. The zero-order valence-electron chi connectivity index (χ0n) is 14.4. The summed E-state index contributed by atoms with van der Waals surface area (Å²) >= 11 is 0. The number of hydrogen-bond acceptors (Lipinski definition) is 5. The van der Waals surface area contributed by atoms with Gasteiger partial charge in [-0.2, -0.15) is 5.10 Å². The van der Waals surface area contributed by atoms with Gasteiger partial charge in [-0.3, -0.25) is 9.59 Å². The quantitative estimate of drug-likeness (QED) is 0.498. The van der Waals surface area contributed by atoms with Crippen molar-refractivity contribution in [2.75, 3.05) is 13.2 Å². The summed E-state index contributed by atoms with van der Waals surface area (Å²) in [7, 11) is 0. The number of hydrazone groups is 1. The second-order valence-electron chi connectivity index (χ2n) is 5.44. The molecule has 0 aliphatic carbocycles. The van der Waals surface area contributed by atoms with E-state index in [9.17, 15) is 14.7 Å². The fraction of sp³-hybridized carbons (Fsp3) is 0.211. The molecule has 7 nitrogen and oxygen atoms in total. The molecule has 0 saturated carbocycles. The van der Waals surface area contributed by atoms with Crippen LogP contribution in [0, 0.1) is 0 Å². The molecule has 0 unspecified atom stereocenters. The molecule has 2 rings (SSSR count). The highest BCUT2D eigenvalue weighted by atomic mass is 16.5. The average Bonchev–Trinajstić information content (AvgIpc) is 2.65. The molecule has 3 N–H and O–H groups in total. The number of phenolic OH excluding ortho intramolecular Hbond substituents is 1. The summed E-state index contributed by atoms with van der Waals surface area (Å²) in [6, 6.07) is 13.1. The van der Waals surface area contributed by atoms with Gasteiger partial charge < -0.3 is 15.2 Å². The molecule has 0 fully saturated rings. The molecule has 0 atom stereocenters. The Morgan fingerprint density at radius 2 is 1.96 bits per heavy atom. The first-order valence-electron chi connectivity index (χ1n) is 8.20. The van der Waals surface area contributed by atoms with E-state index >= 15 is 0 Å². The Balaban J connectivity index is 1.76. The van der Waals surface area contributed by atoms with E-state index in [1.165, 1.54) is 18.3 Å². The van der Waals surface area contributed by atoms with Crippen LogP contribution in [-0.2, 0) is 4.79 Å². The minimum absolute atomic E-state index is 0.110. The first kappa shape index (κ1) is 19.0. The Kier molecular flexibility index (Phi) is 7.17. The second-order valence-corrected chi connectivity index (χ2v) is 5.44. The number of hydrogen-bond donors (Lipinski definition) is 3. The van der Waals surface area contributed by atoms with Crippen LogP contribution >= 0.6 is 0 Å². The number of ether oxygens (including phenoxy) is 1. The molecule has 0 heterocycles. The number of amides is 2. The Bertz CT molecular complexity index is 773.